The third-order valence-electron chi connectivity index (χ3n) is 1.50. The Morgan fingerprint density at radius 3 is 2.29 bits per heavy atom. The highest BCUT2D eigenvalue weighted by molar-refractivity contribution is 7.79. The number of anilines is 3. The Bertz CT molecular complexity index is 440. The fourth-order valence-electron chi connectivity index (χ4n) is 0.918. The molecule has 9 heteroatoms. The lowest BCUT2D eigenvalue weighted by Gasteiger charge is -2.07. The molecular weight excluding hydrogens is 250 g/mol. The van der Waals surface area contributed by atoms with Gasteiger partial charge in [0.05, 0.1) is 18.0 Å². The smallest absolute Gasteiger partial charge is 0.0604 e. The summed E-state index contributed by atoms with van der Waals surface area (Å²) in [6.45, 7) is 0.557. The zero-order valence-electron chi connectivity index (χ0n) is 8.79. The highest BCUT2D eigenvalue weighted by Crippen LogP contribution is 2.20. The maximum Gasteiger partial charge on any atom is 0.0604 e. The van der Waals surface area contributed by atoms with Crippen LogP contribution in [0.5, 0.6) is 0 Å². The Labute approximate surface area is 98.8 Å². The Balaban J connectivity index is 0.000000437. The van der Waals surface area contributed by atoms with E-state index in [1.807, 2.05) is 0 Å². The minimum Gasteiger partial charge on any atom is -0.759 e. The van der Waals surface area contributed by atoms with E-state index >= 15 is 0 Å². The Morgan fingerprint density at radius 2 is 1.82 bits per heavy atom. The number of aliphatic hydroxyl groups is 1. The zero-order valence-corrected chi connectivity index (χ0v) is 9.61. The molecule has 0 unspecified atom stereocenters. The number of nitrogens with two attached hydrogens (primary N) is 2. The SMILES string of the molecule is Nc1ccc(N)c(NCCO)c1.O=S(=O)([O-])[O-]. The van der Waals surface area contributed by atoms with E-state index < -0.39 is 10.4 Å². The quantitative estimate of drug-likeness (QED) is 0.303. The molecule has 0 amide bonds. The number of rotatable bonds is 3. The average molecular weight is 263 g/mol. The van der Waals surface area contributed by atoms with Crippen LogP contribution in [0.4, 0.5) is 17.1 Å². The molecular formula is C8H13N3O5S-2. The fraction of sp³-hybridized carbons (Fsp3) is 0.250. The maximum absolute atomic E-state index is 8.55. The van der Waals surface area contributed by atoms with Crippen LogP contribution in [0.1, 0.15) is 0 Å². The van der Waals surface area contributed by atoms with E-state index in [2.05, 4.69) is 5.32 Å². The molecule has 0 fully saturated rings. The molecule has 98 valence electrons. The van der Waals surface area contributed by atoms with Gasteiger partial charge in [-0.15, -0.1) is 0 Å². The van der Waals surface area contributed by atoms with Crippen molar-refractivity contribution in [2.24, 2.45) is 0 Å². The number of hydrogen-bond acceptors (Lipinski definition) is 8. The number of benzene rings is 1. The van der Waals surface area contributed by atoms with Gasteiger partial charge in [-0.2, -0.15) is 0 Å². The minimum atomic E-state index is -5.17. The lowest BCUT2D eigenvalue weighted by atomic mass is 10.2. The van der Waals surface area contributed by atoms with Crippen LogP contribution in [0.25, 0.3) is 0 Å². The van der Waals surface area contributed by atoms with Crippen LogP contribution in [0.3, 0.4) is 0 Å². The molecule has 8 nitrogen and oxygen atoms in total. The standard InChI is InChI=1S/C8H13N3O.H2O4S/c9-6-1-2-7(10)8(5-6)11-3-4-12;1-5(2,3)4/h1-2,5,11-12H,3-4,9-10H2;(H2,1,2,3,4)/p-2. The summed E-state index contributed by atoms with van der Waals surface area (Å²) in [6, 6.07) is 5.21. The first-order valence-electron chi connectivity index (χ1n) is 4.40. The predicted molar refractivity (Wildman–Crippen MR) is 61.3 cm³/mol. The van der Waals surface area contributed by atoms with Gasteiger partial charge in [0.2, 0.25) is 0 Å². The van der Waals surface area contributed by atoms with Crippen molar-refractivity contribution >= 4 is 27.5 Å². The molecule has 0 aromatic heterocycles. The van der Waals surface area contributed by atoms with Gasteiger partial charge >= 0.3 is 0 Å². The van der Waals surface area contributed by atoms with Crippen molar-refractivity contribution in [2.45, 2.75) is 0 Å². The first-order chi connectivity index (χ1) is 7.74. The number of hydrogen-bond donors (Lipinski definition) is 4. The summed E-state index contributed by atoms with van der Waals surface area (Å²) in [4.78, 5) is 0. The second-order valence-corrected chi connectivity index (χ2v) is 3.72. The maximum atomic E-state index is 8.55. The largest absolute Gasteiger partial charge is 0.759 e. The van der Waals surface area contributed by atoms with Gasteiger partial charge in [-0.3, -0.25) is 8.42 Å². The van der Waals surface area contributed by atoms with Gasteiger partial charge in [-0.25, -0.2) is 0 Å². The van der Waals surface area contributed by atoms with Crippen LogP contribution >= 0.6 is 0 Å². The van der Waals surface area contributed by atoms with Crippen LogP contribution in [-0.4, -0.2) is 35.8 Å². The highest BCUT2D eigenvalue weighted by Gasteiger charge is 1.97. The first-order valence-corrected chi connectivity index (χ1v) is 5.74. The molecule has 0 aliphatic rings. The van der Waals surface area contributed by atoms with Crippen molar-refractivity contribution < 1.29 is 22.6 Å². The van der Waals surface area contributed by atoms with Gasteiger partial charge in [-0.05, 0) is 18.2 Å². The zero-order chi connectivity index (χ0) is 13.5. The summed E-state index contributed by atoms with van der Waals surface area (Å²) in [5.74, 6) is 0. The molecule has 1 rings (SSSR count). The van der Waals surface area contributed by atoms with E-state index in [1.165, 1.54) is 0 Å². The summed E-state index contributed by atoms with van der Waals surface area (Å²) in [5.41, 5.74) is 13.2. The second kappa shape index (κ2) is 6.91. The minimum absolute atomic E-state index is 0.0776. The Hall–Kier alpha value is -1.55. The lowest BCUT2D eigenvalue weighted by molar-refractivity contribution is 0.311. The summed E-state index contributed by atoms with van der Waals surface area (Å²) in [7, 11) is -5.17. The molecule has 0 bridgehead atoms. The first kappa shape index (κ1) is 15.4. The van der Waals surface area contributed by atoms with Gasteiger partial charge < -0.3 is 31.0 Å². The second-order valence-electron chi connectivity index (χ2n) is 2.91. The van der Waals surface area contributed by atoms with Crippen LogP contribution in [0, 0.1) is 0 Å². The molecule has 17 heavy (non-hydrogen) atoms. The van der Waals surface area contributed by atoms with Crippen LogP contribution < -0.4 is 16.8 Å². The predicted octanol–water partition coefficient (Wildman–Crippen LogP) is -1.08. The molecule has 0 saturated carbocycles. The van der Waals surface area contributed by atoms with Crippen molar-refractivity contribution in [3.63, 3.8) is 0 Å². The van der Waals surface area contributed by atoms with Crippen LogP contribution in [0.15, 0.2) is 18.2 Å². The van der Waals surface area contributed by atoms with E-state index in [0.717, 1.165) is 5.69 Å². The Morgan fingerprint density at radius 1 is 1.29 bits per heavy atom. The van der Waals surface area contributed by atoms with E-state index in [1.54, 1.807) is 18.2 Å². The van der Waals surface area contributed by atoms with E-state index in [9.17, 15) is 0 Å². The lowest BCUT2D eigenvalue weighted by Crippen LogP contribution is -2.07. The van der Waals surface area contributed by atoms with Gasteiger partial charge in [-0.1, -0.05) is 0 Å². The van der Waals surface area contributed by atoms with Gasteiger partial charge in [0.1, 0.15) is 0 Å². The summed E-state index contributed by atoms with van der Waals surface area (Å²) in [5, 5.41) is 11.5. The summed E-state index contributed by atoms with van der Waals surface area (Å²) >= 11 is 0. The van der Waals surface area contributed by atoms with E-state index in [0.29, 0.717) is 17.9 Å². The summed E-state index contributed by atoms with van der Waals surface area (Å²) < 4.78 is 34.1. The molecule has 1 aromatic carbocycles. The third-order valence-corrected chi connectivity index (χ3v) is 1.50. The number of aliphatic hydroxyl groups excluding tert-OH is 1. The van der Waals surface area contributed by atoms with Crippen LogP contribution in [0.2, 0.25) is 0 Å². The monoisotopic (exact) mass is 263 g/mol. The summed E-state index contributed by atoms with van der Waals surface area (Å²) in [6.07, 6.45) is 0. The van der Waals surface area contributed by atoms with Gasteiger partial charge in [0.25, 0.3) is 0 Å². The molecule has 0 radical (unpaired) electrons. The van der Waals surface area contributed by atoms with Crippen molar-refractivity contribution in [3.8, 4) is 0 Å². The molecule has 0 heterocycles. The van der Waals surface area contributed by atoms with E-state index in [4.69, 9.17) is 34.1 Å². The number of nitrogen functional groups attached to an aromatic ring is 2. The Kier molecular flexibility index (Phi) is 6.28. The molecule has 1 aromatic rings. The van der Waals surface area contributed by atoms with Gasteiger partial charge in [0.15, 0.2) is 0 Å². The van der Waals surface area contributed by atoms with E-state index in [-0.39, 0.29) is 6.61 Å². The highest BCUT2D eigenvalue weighted by atomic mass is 32.3. The van der Waals surface area contributed by atoms with Crippen molar-refractivity contribution in [3.05, 3.63) is 18.2 Å². The van der Waals surface area contributed by atoms with Crippen molar-refractivity contribution in [1.29, 1.82) is 0 Å². The molecule has 6 N–H and O–H groups in total. The van der Waals surface area contributed by atoms with Gasteiger partial charge in [0, 0.05) is 22.6 Å². The average Bonchev–Trinajstić information content (AvgIpc) is 2.17. The molecule has 0 aliphatic heterocycles. The molecule has 0 aliphatic carbocycles. The normalized spacial score (nSPS) is 10.3. The molecule has 0 spiro atoms. The fourth-order valence-corrected chi connectivity index (χ4v) is 0.918. The van der Waals surface area contributed by atoms with Crippen molar-refractivity contribution in [2.75, 3.05) is 29.9 Å². The number of nitrogens with one attached hydrogen (secondary N) is 1. The third kappa shape index (κ3) is 9.38. The van der Waals surface area contributed by atoms with Crippen molar-refractivity contribution in [1.82, 2.24) is 0 Å². The topological polar surface area (TPSA) is 165 Å². The van der Waals surface area contributed by atoms with Crippen LogP contribution in [-0.2, 0) is 10.4 Å². The molecule has 0 saturated heterocycles. The molecule has 0 atom stereocenters.